The van der Waals surface area contributed by atoms with E-state index in [-0.39, 0.29) is 5.82 Å². The summed E-state index contributed by atoms with van der Waals surface area (Å²) >= 11 is 0. The van der Waals surface area contributed by atoms with E-state index in [1.165, 1.54) is 12.1 Å². The fourth-order valence-corrected chi connectivity index (χ4v) is 1.84. The second kappa shape index (κ2) is 4.74. The molecule has 1 aromatic carbocycles. The molecule has 5 nitrogen and oxygen atoms in total. The van der Waals surface area contributed by atoms with Crippen molar-refractivity contribution in [1.29, 1.82) is 0 Å². The lowest BCUT2D eigenvalue weighted by Crippen LogP contribution is -1.89. The minimum Gasteiger partial charge on any atom is -0.377 e. The molecule has 0 bridgehead atoms. The average molecular weight is 258 g/mol. The second-order valence-electron chi connectivity index (χ2n) is 4.10. The summed E-state index contributed by atoms with van der Waals surface area (Å²) in [6, 6.07) is 6.36. The molecule has 0 unspecified atom stereocenters. The molecule has 0 amide bonds. The minimum absolute atomic E-state index is 0.298. The van der Waals surface area contributed by atoms with Crippen molar-refractivity contribution in [2.75, 3.05) is 7.11 Å². The van der Waals surface area contributed by atoms with Crippen LogP contribution in [0.2, 0.25) is 0 Å². The summed E-state index contributed by atoms with van der Waals surface area (Å²) in [6.07, 6.45) is 1.63. The number of fused-ring (bicyclic) bond motifs is 1. The third-order valence-electron chi connectivity index (χ3n) is 2.72. The predicted molar refractivity (Wildman–Crippen MR) is 67.8 cm³/mol. The van der Waals surface area contributed by atoms with Gasteiger partial charge < -0.3 is 4.74 Å². The average Bonchev–Trinajstić information content (AvgIpc) is 2.87. The number of aromatic nitrogens is 4. The van der Waals surface area contributed by atoms with Crippen LogP contribution in [0.15, 0.2) is 30.5 Å². The molecule has 0 saturated carbocycles. The van der Waals surface area contributed by atoms with Crippen molar-refractivity contribution in [3.05, 3.63) is 42.1 Å². The van der Waals surface area contributed by atoms with Crippen molar-refractivity contribution >= 4 is 10.9 Å². The summed E-state index contributed by atoms with van der Waals surface area (Å²) in [4.78, 5) is 8.50. The van der Waals surface area contributed by atoms with Crippen molar-refractivity contribution in [3.63, 3.8) is 0 Å². The first-order chi connectivity index (χ1) is 9.26. The van der Waals surface area contributed by atoms with Gasteiger partial charge in [-0.3, -0.25) is 10.1 Å². The summed E-state index contributed by atoms with van der Waals surface area (Å²) in [5.74, 6) is 0.899. The van der Waals surface area contributed by atoms with E-state index >= 15 is 0 Å². The number of nitrogens with zero attached hydrogens (tertiary/aromatic N) is 3. The highest BCUT2D eigenvalue weighted by Crippen LogP contribution is 2.20. The van der Waals surface area contributed by atoms with Crippen LogP contribution in [0.3, 0.4) is 0 Å². The Morgan fingerprint density at radius 3 is 3.05 bits per heavy atom. The number of methoxy groups -OCH3 is 1. The van der Waals surface area contributed by atoms with Gasteiger partial charge in [-0.25, -0.2) is 9.37 Å². The molecule has 0 fully saturated rings. The summed E-state index contributed by atoms with van der Waals surface area (Å²) in [7, 11) is 1.59. The standard InChI is InChI=1S/C13H11FN4O/c1-19-7-12-16-13(18-17-12)9-4-8-2-3-10(14)5-11(8)15-6-9/h2-6H,7H2,1H3,(H,16,17,18). The van der Waals surface area contributed by atoms with Crippen LogP contribution in [0.1, 0.15) is 5.82 Å². The quantitative estimate of drug-likeness (QED) is 0.783. The number of ether oxygens (including phenoxy) is 1. The molecule has 0 radical (unpaired) electrons. The van der Waals surface area contributed by atoms with Crippen molar-refractivity contribution < 1.29 is 9.13 Å². The van der Waals surface area contributed by atoms with Gasteiger partial charge in [-0.1, -0.05) is 0 Å². The van der Waals surface area contributed by atoms with E-state index in [0.29, 0.717) is 23.8 Å². The van der Waals surface area contributed by atoms with E-state index in [9.17, 15) is 4.39 Å². The van der Waals surface area contributed by atoms with Gasteiger partial charge in [0, 0.05) is 30.3 Å². The maximum atomic E-state index is 13.1. The maximum absolute atomic E-state index is 13.1. The first-order valence-electron chi connectivity index (χ1n) is 5.72. The number of hydrogen-bond donors (Lipinski definition) is 1. The lowest BCUT2D eigenvalue weighted by atomic mass is 10.1. The van der Waals surface area contributed by atoms with Crippen molar-refractivity contribution in [1.82, 2.24) is 20.2 Å². The Kier molecular flexibility index (Phi) is 2.92. The van der Waals surface area contributed by atoms with Gasteiger partial charge in [-0.05, 0) is 18.2 Å². The Morgan fingerprint density at radius 2 is 2.21 bits per heavy atom. The monoisotopic (exact) mass is 258 g/mol. The number of benzene rings is 1. The first-order valence-corrected chi connectivity index (χ1v) is 5.72. The molecule has 0 atom stereocenters. The Hall–Kier alpha value is -2.34. The van der Waals surface area contributed by atoms with Crippen LogP contribution in [0, 0.1) is 5.82 Å². The molecule has 2 heterocycles. The van der Waals surface area contributed by atoms with Gasteiger partial charge in [0.05, 0.1) is 5.52 Å². The number of H-pyrrole nitrogens is 1. The van der Waals surface area contributed by atoms with E-state index in [1.54, 1.807) is 19.4 Å². The molecule has 3 rings (SSSR count). The Balaban J connectivity index is 2.02. The van der Waals surface area contributed by atoms with Crippen LogP contribution in [0.5, 0.6) is 0 Å². The lowest BCUT2D eigenvalue weighted by Gasteiger charge is -1.99. The lowest BCUT2D eigenvalue weighted by molar-refractivity contribution is 0.178. The fraction of sp³-hybridized carbons (Fsp3) is 0.154. The zero-order valence-corrected chi connectivity index (χ0v) is 10.2. The van der Waals surface area contributed by atoms with Gasteiger partial charge in [0.25, 0.3) is 0 Å². The first kappa shape index (κ1) is 11.7. The van der Waals surface area contributed by atoms with Crippen molar-refractivity contribution in [2.45, 2.75) is 6.61 Å². The highest BCUT2D eigenvalue weighted by molar-refractivity contribution is 5.82. The molecule has 6 heteroatoms. The van der Waals surface area contributed by atoms with Crippen LogP contribution >= 0.6 is 0 Å². The van der Waals surface area contributed by atoms with E-state index in [0.717, 1.165) is 10.9 Å². The zero-order chi connectivity index (χ0) is 13.2. The van der Waals surface area contributed by atoms with Crippen LogP contribution in [0.4, 0.5) is 4.39 Å². The largest absolute Gasteiger partial charge is 0.377 e. The number of hydrogen-bond acceptors (Lipinski definition) is 4. The number of halogens is 1. The number of aromatic amines is 1. The third kappa shape index (κ3) is 2.30. The van der Waals surface area contributed by atoms with Crippen molar-refractivity contribution in [3.8, 4) is 11.4 Å². The molecule has 0 aliphatic rings. The number of pyridine rings is 1. The Morgan fingerprint density at radius 1 is 1.32 bits per heavy atom. The molecule has 0 aliphatic heterocycles. The molecule has 0 spiro atoms. The summed E-state index contributed by atoms with van der Waals surface area (Å²) in [5.41, 5.74) is 1.38. The highest BCUT2D eigenvalue weighted by Gasteiger charge is 2.07. The molecular weight excluding hydrogens is 247 g/mol. The van der Waals surface area contributed by atoms with Crippen LogP contribution in [0.25, 0.3) is 22.3 Å². The molecule has 0 saturated heterocycles. The molecule has 96 valence electrons. The van der Waals surface area contributed by atoms with Gasteiger partial charge in [-0.2, -0.15) is 5.10 Å². The van der Waals surface area contributed by atoms with Gasteiger partial charge in [0.1, 0.15) is 12.4 Å². The summed E-state index contributed by atoms with van der Waals surface area (Å²) in [6.45, 7) is 0.374. The molecule has 3 aromatic rings. The van der Waals surface area contributed by atoms with E-state index in [4.69, 9.17) is 4.74 Å². The predicted octanol–water partition coefficient (Wildman–Crippen LogP) is 2.31. The Labute approximate surface area is 108 Å². The van der Waals surface area contributed by atoms with Crippen molar-refractivity contribution in [2.24, 2.45) is 0 Å². The van der Waals surface area contributed by atoms with Gasteiger partial charge in [0.15, 0.2) is 11.6 Å². The van der Waals surface area contributed by atoms with Gasteiger partial charge in [0.2, 0.25) is 0 Å². The molecule has 19 heavy (non-hydrogen) atoms. The summed E-state index contributed by atoms with van der Waals surface area (Å²) in [5, 5.41) is 7.73. The van der Waals surface area contributed by atoms with Crippen LogP contribution < -0.4 is 0 Å². The molecule has 0 aliphatic carbocycles. The second-order valence-corrected chi connectivity index (χ2v) is 4.10. The summed E-state index contributed by atoms with van der Waals surface area (Å²) < 4.78 is 18.0. The normalized spacial score (nSPS) is 11.1. The molecule has 1 N–H and O–H groups in total. The third-order valence-corrected chi connectivity index (χ3v) is 2.72. The van der Waals surface area contributed by atoms with E-state index in [1.807, 2.05) is 6.07 Å². The minimum atomic E-state index is -0.298. The van der Waals surface area contributed by atoms with E-state index < -0.39 is 0 Å². The van der Waals surface area contributed by atoms with Gasteiger partial charge >= 0.3 is 0 Å². The molecular formula is C13H11FN4O. The fourth-order valence-electron chi connectivity index (χ4n) is 1.84. The van der Waals surface area contributed by atoms with Crippen LogP contribution in [-0.2, 0) is 11.3 Å². The smallest absolute Gasteiger partial charge is 0.182 e. The highest BCUT2D eigenvalue weighted by atomic mass is 19.1. The SMILES string of the molecule is COCc1nc(-c2cnc3cc(F)ccc3c2)n[nH]1. The van der Waals surface area contributed by atoms with E-state index in [2.05, 4.69) is 20.2 Å². The zero-order valence-electron chi connectivity index (χ0n) is 10.2. The Bertz CT molecular complexity index is 725. The number of rotatable bonds is 3. The number of nitrogens with one attached hydrogen (secondary N) is 1. The van der Waals surface area contributed by atoms with Crippen LogP contribution in [-0.4, -0.2) is 27.3 Å². The maximum Gasteiger partial charge on any atom is 0.182 e. The van der Waals surface area contributed by atoms with Gasteiger partial charge in [-0.15, -0.1) is 0 Å². The topological polar surface area (TPSA) is 63.7 Å². The molecule has 2 aromatic heterocycles.